The van der Waals surface area contributed by atoms with Crippen molar-refractivity contribution >= 4 is 5.97 Å². The number of carbonyl (C=O) groups is 1. The molecule has 2 N–H and O–H groups in total. The van der Waals surface area contributed by atoms with Crippen LogP contribution in [0.15, 0.2) is 41.0 Å². The van der Waals surface area contributed by atoms with E-state index in [2.05, 4.69) is 19.2 Å². The molecule has 0 saturated carbocycles. The van der Waals surface area contributed by atoms with Crippen LogP contribution in [0.1, 0.15) is 41.6 Å². The highest BCUT2D eigenvalue weighted by molar-refractivity contribution is 5.87. The van der Waals surface area contributed by atoms with Crippen LogP contribution in [0, 0.1) is 11.7 Å². The molecule has 0 aliphatic rings. The van der Waals surface area contributed by atoms with Gasteiger partial charge in [0, 0.05) is 6.04 Å². The Morgan fingerprint density at radius 1 is 1.33 bits per heavy atom. The lowest BCUT2D eigenvalue weighted by molar-refractivity contribution is 0.0696. The van der Waals surface area contributed by atoms with Gasteiger partial charge in [0.05, 0.1) is 12.1 Å². The van der Waals surface area contributed by atoms with Gasteiger partial charge >= 0.3 is 5.97 Å². The van der Waals surface area contributed by atoms with E-state index in [0.29, 0.717) is 18.2 Å². The molecule has 0 bridgehead atoms. The third kappa shape index (κ3) is 3.92. The summed E-state index contributed by atoms with van der Waals surface area (Å²) < 4.78 is 18.2. The lowest BCUT2D eigenvalue weighted by Crippen LogP contribution is -2.25. The molecule has 2 aromatic rings. The molecule has 0 aliphatic heterocycles. The van der Waals surface area contributed by atoms with Gasteiger partial charge in [0.25, 0.3) is 0 Å². The summed E-state index contributed by atoms with van der Waals surface area (Å²) in [5.41, 5.74) is 1.12. The maximum atomic E-state index is 13.0. The Hall–Kier alpha value is -2.14. The van der Waals surface area contributed by atoms with Gasteiger partial charge in [-0.2, -0.15) is 0 Å². The van der Waals surface area contributed by atoms with Gasteiger partial charge in [-0.25, -0.2) is 9.18 Å². The van der Waals surface area contributed by atoms with Crippen molar-refractivity contribution in [3.05, 3.63) is 59.3 Å². The molecule has 1 atom stereocenters. The average Bonchev–Trinajstić information content (AvgIpc) is 2.90. The highest BCUT2D eigenvalue weighted by atomic mass is 19.1. The largest absolute Gasteiger partial charge is 0.478 e. The number of carboxylic acids is 1. The Morgan fingerprint density at radius 2 is 2.00 bits per heavy atom. The number of rotatable bonds is 6. The van der Waals surface area contributed by atoms with E-state index in [1.165, 1.54) is 24.5 Å². The summed E-state index contributed by atoms with van der Waals surface area (Å²) in [6.07, 6.45) is 1.22. The minimum absolute atomic E-state index is 0.0315. The van der Waals surface area contributed by atoms with Gasteiger partial charge in [0.1, 0.15) is 17.8 Å². The van der Waals surface area contributed by atoms with Crippen LogP contribution in [-0.4, -0.2) is 11.1 Å². The molecule has 21 heavy (non-hydrogen) atoms. The molecule has 5 heteroatoms. The summed E-state index contributed by atoms with van der Waals surface area (Å²) in [6.45, 7) is 4.53. The molecular formula is C16H18FNO3. The van der Waals surface area contributed by atoms with E-state index >= 15 is 0 Å². The lowest BCUT2D eigenvalue weighted by atomic mass is 9.96. The van der Waals surface area contributed by atoms with Gasteiger partial charge in [-0.05, 0) is 29.7 Å². The molecule has 0 spiro atoms. The molecule has 0 amide bonds. The first-order chi connectivity index (χ1) is 9.97. The molecule has 0 aliphatic carbocycles. The fraction of sp³-hybridized carbons (Fsp3) is 0.312. The Bertz CT molecular complexity index is 604. The zero-order valence-electron chi connectivity index (χ0n) is 12.0. The van der Waals surface area contributed by atoms with Crippen LogP contribution in [0.2, 0.25) is 0 Å². The second kappa shape index (κ2) is 6.54. The van der Waals surface area contributed by atoms with Crippen LogP contribution in [0.25, 0.3) is 0 Å². The molecule has 112 valence electrons. The van der Waals surface area contributed by atoms with Crippen molar-refractivity contribution in [2.45, 2.75) is 26.4 Å². The normalized spacial score (nSPS) is 12.6. The summed E-state index contributed by atoms with van der Waals surface area (Å²) >= 11 is 0. The van der Waals surface area contributed by atoms with Crippen molar-refractivity contribution in [2.75, 3.05) is 0 Å². The van der Waals surface area contributed by atoms with Crippen LogP contribution in [0.5, 0.6) is 0 Å². The standard InChI is InChI=1S/C16H18FNO3/c1-10(2)15(11-3-5-13(17)6-4-11)18-8-14-7-12(9-21-14)16(19)20/h3-7,9-10,15,18H,8H2,1-2H3,(H,19,20). The molecule has 0 saturated heterocycles. The number of hydrogen-bond acceptors (Lipinski definition) is 3. The van der Waals surface area contributed by atoms with Crippen LogP contribution in [0.3, 0.4) is 0 Å². The molecule has 0 fully saturated rings. The van der Waals surface area contributed by atoms with E-state index < -0.39 is 5.97 Å². The van der Waals surface area contributed by atoms with Crippen LogP contribution >= 0.6 is 0 Å². The van der Waals surface area contributed by atoms with Crippen molar-refractivity contribution in [2.24, 2.45) is 5.92 Å². The fourth-order valence-corrected chi connectivity index (χ4v) is 2.20. The number of benzene rings is 1. The Balaban J connectivity index is 2.06. The first-order valence-corrected chi connectivity index (χ1v) is 6.77. The molecule has 1 aromatic heterocycles. The van der Waals surface area contributed by atoms with E-state index in [-0.39, 0.29) is 17.4 Å². The lowest BCUT2D eigenvalue weighted by Gasteiger charge is -2.22. The minimum atomic E-state index is -1.01. The van der Waals surface area contributed by atoms with Crippen molar-refractivity contribution in [1.29, 1.82) is 0 Å². The SMILES string of the molecule is CC(C)C(NCc1cc(C(=O)O)co1)c1ccc(F)cc1. The van der Waals surface area contributed by atoms with Crippen molar-refractivity contribution in [3.63, 3.8) is 0 Å². The zero-order chi connectivity index (χ0) is 15.4. The van der Waals surface area contributed by atoms with E-state index in [4.69, 9.17) is 9.52 Å². The number of halogens is 1. The minimum Gasteiger partial charge on any atom is -0.478 e. The van der Waals surface area contributed by atoms with Gasteiger partial charge in [0.2, 0.25) is 0 Å². The highest BCUT2D eigenvalue weighted by Crippen LogP contribution is 2.22. The molecule has 1 unspecified atom stereocenters. The second-order valence-corrected chi connectivity index (χ2v) is 5.26. The van der Waals surface area contributed by atoms with E-state index in [9.17, 15) is 9.18 Å². The predicted molar refractivity (Wildman–Crippen MR) is 76.5 cm³/mol. The number of furan rings is 1. The van der Waals surface area contributed by atoms with Crippen LogP contribution in [0.4, 0.5) is 4.39 Å². The summed E-state index contributed by atoms with van der Waals surface area (Å²) in [6, 6.07) is 7.89. The van der Waals surface area contributed by atoms with Crippen molar-refractivity contribution in [1.82, 2.24) is 5.32 Å². The molecule has 1 aromatic carbocycles. The monoisotopic (exact) mass is 291 g/mol. The van der Waals surface area contributed by atoms with Gasteiger partial charge in [-0.1, -0.05) is 26.0 Å². The molecular weight excluding hydrogens is 273 g/mol. The summed E-state index contributed by atoms with van der Waals surface area (Å²) in [4.78, 5) is 10.8. The zero-order valence-corrected chi connectivity index (χ0v) is 12.0. The summed E-state index contributed by atoms with van der Waals surface area (Å²) in [7, 11) is 0. The molecule has 1 heterocycles. The van der Waals surface area contributed by atoms with E-state index in [1.807, 2.05) is 0 Å². The second-order valence-electron chi connectivity index (χ2n) is 5.26. The van der Waals surface area contributed by atoms with Crippen molar-refractivity contribution < 1.29 is 18.7 Å². The first-order valence-electron chi connectivity index (χ1n) is 6.77. The van der Waals surface area contributed by atoms with Gasteiger partial charge in [-0.3, -0.25) is 0 Å². The summed E-state index contributed by atoms with van der Waals surface area (Å²) in [5.74, 6) is -0.424. The molecule has 0 radical (unpaired) electrons. The molecule has 2 rings (SSSR count). The average molecular weight is 291 g/mol. The third-order valence-corrected chi connectivity index (χ3v) is 3.29. The fourth-order valence-electron chi connectivity index (χ4n) is 2.20. The number of aromatic carboxylic acids is 1. The summed E-state index contributed by atoms with van der Waals surface area (Å²) in [5, 5.41) is 12.2. The van der Waals surface area contributed by atoms with Gasteiger partial charge in [0.15, 0.2) is 0 Å². The maximum absolute atomic E-state index is 13.0. The Kier molecular flexibility index (Phi) is 4.75. The van der Waals surface area contributed by atoms with Crippen LogP contribution < -0.4 is 5.32 Å². The quantitative estimate of drug-likeness (QED) is 0.853. The topological polar surface area (TPSA) is 62.5 Å². The van der Waals surface area contributed by atoms with Crippen molar-refractivity contribution in [3.8, 4) is 0 Å². The third-order valence-electron chi connectivity index (χ3n) is 3.29. The smallest absolute Gasteiger partial charge is 0.338 e. The number of hydrogen-bond donors (Lipinski definition) is 2. The van der Waals surface area contributed by atoms with Crippen LogP contribution in [-0.2, 0) is 6.54 Å². The number of carboxylic acid groups (broad SMARTS) is 1. The Labute approximate surface area is 122 Å². The Morgan fingerprint density at radius 3 is 2.52 bits per heavy atom. The van der Waals surface area contributed by atoms with Gasteiger partial charge < -0.3 is 14.8 Å². The maximum Gasteiger partial charge on any atom is 0.338 e. The molecule has 4 nitrogen and oxygen atoms in total. The van der Waals surface area contributed by atoms with Gasteiger partial charge in [-0.15, -0.1) is 0 Å². The van der Waals surface area contributed by atoms with E-state index in [0.717, 1.165) is 5.56 Å². The predicted octanol–water partition coefficient (Wildman–Crippen LogP) is 3.60. The number of nitrogens with one attached hydrogen (secondary N) is 1. The highest BCUT2D eigenvalue weighted by Gasteiger charge is 2.16. The first kappa shape index (κ1) is 15.3. The van der Waals surface area contributed by atoms with E-state index in [1.54, 1.807) is 12.1 Å².